The Morgan fingerprint density at radius 1 is 1.27 bits per heavy atom. The number of rotatable bonds is 7. The summed E-state index contributed by atoms with van der Waals surface area (Å²) in [4.78, 5) is 25.6. The maximum atomic E-state index is 11.5. The van der Waals surface area contributed by atoms with Crippen LogP contribution in [0.15, 0.2) is 36.7 Å². The molecule has 1 aliphatic rings. The molecule has 1 aromatic carbocycles. The highest BCUT2D eigenvalue weighted by Gasteiger charge is 2.38. The quantitative estimate of drug-likeness (QED) is 0.473. The Morgan fingerprint density at radius 3 is 2.73 bits per heavy atom. The van der Waals surface area contributed by atoms with E-state index < -0.39 is 5.60 Å². The Balaban J connectivity index is 1.53. The van der Waals surface area contributed by atoms with Crippen LogP contribution in [0.25, 0.3) is 10.4 Å². The molecule has 2 heterocycles. The summed E-state index contributed by atoms with van der Waals surface area (Å²) in [5.74, 6) is 0.515. The summed E-state index contributed by atoms with van der Waals surface area (Å²) in [6.07, 6.45) is 5.62. The lowest BCUT2D eigenvalue weighted by molar-refractivity contribution is -0.124. The van der Waals surface area contributed by atoms with Crippen molar-refractivity contribution in [1.82, 2.24) is 15.0 Å². The van der Waals surface area contributed by atoms with Gasteiger partial charge in [0.1, 0.15) is 10.6 Å². The van der Waals surface area contributed by atoms with Gasteiger partial charge in [-0.1, -0.05) is 6.07 Å². The number of nitrogens with one attached hydrogen (secondary N) is 1. The molecule has 2 aromatic heterocycles. The number of thiazole rings is 1. The minimum atomic E-state index is -1.01. The average Bonchev–Trinajstić information content (AvgIpc) is 3.25. The van der Waals surface area contributed by atoms with Crippen LogP contribution >= 0.6 is 11.3 Å². The smallest absolute Gasteiger partial charge is 0.230 e. The number of aliphatic hydroxyl groups is 1. The Labute approximate surface area is 197 Å². The first-order chi connectivity index (χ1) is 15.7. The van der Waals surface area contributed by atoms with Gasteiger partial charge in [-0.2, -0.15) is 4.98 Å². The second kappa shape index (κ2) is 9.44. The lowest BCUT2D eigenvalue weighted by Gasteiger charge is -2.33. The molecule has 0 bridgehead atoms. The maximum Gasteiger partial charge on any atom is 0.230 e. The van der Waals surface area contributed by atoms with Crippen molar-refractivity contribution in [3.05, 3.63) is 47.2 Å². The summed E-state index contributed by atoms with van der Waals surface area (Å²) in [5, 5.41) is 15.1. The SMILES string of the molecule is Cc1cc(Nc2nccc(OC(C)C)n2)cc(-c2cnc([C@]3(O)CC[C@H](C(N)=O)CC3)s2)c1. The molecule has 8 nitrogen and oxygen atoms in total. The highest BCUT2D eigenvalue weighted by molar-refractivity contribution is 7.15. The molecule has 4 N–H and O–H groups in total. The summed E-state index contributed by atoms with van der Waals surface area (Å²) < 4.78 is 5.65. The van der Waals surface area contributed by atoms with Gasteiger partial charge in [0.25, 0.3) is 0 Å². The van der Waals surface area contributed by atoms with Crippen LogP contribution in [0.2, 0.25) is 0 Å². The zero-order valence-corrected chi connectivity index (χ0v) is 19.9. The molecule has 0 aliphatic heterocycles. The Kier molecular flexibility index (Phi) is 6.62. The van der Waals surface area contributed by atoms with Crippen molar-refractivity contribution >= 4 is 28.9 Å². The van der Waals surface area contributed by atoms with Gasteiger partial charge in [-0.25, -0.2) is 9.97 Å². The molecule has 174 valence electrons. The number of amides is 1. The van der Waals surface area contributed by atoms with Gasteiger partial charge in [0, 0.05) is 30.1 Å². The monoisotopic (exact) mass is 467 g/mol. The third-order valence-electron chi connectivity index (χ3n) is 5.72. The normalized spacial score (nSPS) is 20.6. The first-order valence-electron chi connectivity index (χ1n) is 11.1. The fraction of sp³-hybridized carbons (Fsp3) is 0.417. The van der Waals surface area contributed by atoms with E-state index in [9.17, 15) is 9.90 Å². The van der Waals surface area contributed by atoms with Crippen molar-refractivity contribution in [2.75, 3.05) is 5.32 Å². The van der Waals surface area contributed by atoms with Crippen LogP contribution < -0.4 is 15.8 Å². The number of anilines is 2. The minimum absolute atomic E-state index is 0.0273. The average molecular weight is 468 g/mol. The van der Waals surface area contributed by atoms with Crippen LogP contribution in [0.3, 0.4) is 0 Å². The first-order valence-corrected chi connectivity index (χ1v) is 11.9. The van der Waals surface area contributed by atoms with Gasteiger partial charge < -0.3 is 20.9 Å². The van der Waals surface area contributed by atoms with E-state index in [0.717, 1.165) is 21.7 Å². The van der Waals surface area contributed by atoms with E-state index in [4.69, 9.17) is 10.5 Å². The second-order valence-electron chi connectivity index (χ2n) is 8.84. The lowest BCUT2D eigenvalue weighted by Crippen LogP contribution is -2.35. The molecule has 4 rings (SSSR count). The Hall–Kier alpha value is -3.04. The number of carbonyl (C=O) groups is 1. The maximum absolute atomic E-state index is 11.5. The number of aromatic nitrogens is 3. The van der Waals surface area contributed by atoms with E-state index >= 15 is 0 Å². The molecule has 1 fully saturated rings. The number of hydrogen-bond acceptors (Lipinski definition) is 8. The van der Waals surface area contributed by atoms with Crippen molar-refractivity contribution < 1.29 is 14.6 Å². The number of carbonyl (C=O) groups excluding carboxylic acids is 1. The van der Waals surface area contributed by atoms with Gasteiger partial charge in [0.05, 0.1) is 11.0 Å². The molecule has 1 aliphatic carbocycles. The van der Waals surface area contributed by atoms with Crippen molar-refractivity contribution in [1.29, 1.82) is 0 Å². The van der Waals surface area contributed by atoms with E-state index in [-0.39, 0.29) is 17.9 Å². The number of benzene rings is 1. The molecule has 1 saturated carbocycles. The third kappa shape index (κ3) is 5.48. The molecule has 0 atom stereocenters. The number of primary amides is 1. The molecule has 0 saturated heterocycles. The summed E-state index contributed by atoms with van der Waals surface area (Å²) in [6, 6.07) is 7.84. The fourth-order valence-electron chi connectivity index (χ4n) is 4.05. The van der Waals surface area contributed by atoms with Crippen LogP contribution in [-0.2, 0) is 10.4 Å². The van der Waals surface area contributed by atoms with Gasteiger partial charge in [-0.3, -0.25) is 4.79 Å². The molecular formula is C24H29N5O3S. The van der Waals surface area contributed by atoms with Crippen molar-refractivity contribution in [3.63, 3.8) is 0 Å². The topological polar surface area (TPSA) is 123 Å². The van der Waals surface area contributed by atoms with Crippen LogP contribution in [-0.4, -0.2) is 32.1 Å². The Bertz CT molecular complexity index is 1140. The predicted molar refractivity (Wildman–Crippen MR) is 128 cm³/mol. The van der Waals surface area contributed by atoms with E-state index in [1.165, 1.54) is 11.3 Å². The van der Waals surface area contributed by atoms with Crippen LogP contribution in [0, 0.1) is 12.8 Å². The highest BCUT2D eigenvalue weighted by atomic mass is 32.1. The van der Waals surface area contributed by atoms with E-state index in [1.54, 1.807) is 18.5 Å². The molecule has 0 unspecified atom stereocenters. The Morgan fingerprint density at radius 2 is 2.03 bits per heavy atom. The number of ether oxygens (including phenoxy) is 1. The van der Waals surface area contributed by atoms with Gasteiger partial charge in [-0.05, 0) is 69.7 Å². The minimum Gasteiger partial charge on any atom is -0.475 e. The molecule has 3 aromatic rings. The summed E-state index contributed by atoms with van der Waals surface area (Å²) in [6.45, 7) is 5.92. The van der Waals surface area contributed by atoms with Crippen LogP contribution in [0.5, 0.6) is 5.88 Å². The fourth-order valence-corrected chi connectivity index (χ4v) is 5.10. The standard InChI is InChI=1S/C24H29N5O3S/c1-14(2)32-20-6-9-26-23(29-20)28-18-11-15(3)10-17(12-18)19-13-27-22(33-19)24(31)7-4-16(5-8-24)21(25)30/h6,9-14,16,31H,4-5,7-8H2,1-3H3,(H2,25,30)(H,26,28,29)/t16-,24-. The molecule has 9 heteroatoms. The molecule has 0 radical (unpaired) electrons. The van der Waals surface area contributed by atoms with Gasteiger partial charge in [0.2, 0.25) is 17.7 Å². The summed E-state index contributed by atoms with van der Waals surface area (Å²) in [5.41, 5.74) is 7.33. The predicted octanol–water partition coefficient (Wildman–Crippen LogP) is 4.30. The number of nitrogens with zero attached hydrogens (tertiary/aromatic N) is 3. The van der Waals surface area contributed by atoms with Crippen molar-refractivity contribution in [2.45, 2.75) is 58.2 Å². The van der Waals surface area contributed by atoms with Crippen LogP contribution in [0.1, 0.15) is 50.1 Å². The summed E-state index contributed by atoms with van der Waals surface area (Å²) >= 11 is 1.48. The third-order valence-corrected chi connectivity index (χ3v) is 6.96. The zero-order valence-electron chi connectivity index (χ0n) is 19.0. The zero-order chi connectivity index (χ0) is 23.6. The lowest BCUT2D eigenvalue weighted by atomic mass is 9.79. The van der Waals surface area contributed by atoms with Gasteiger partial charge in [-0.15, -0.1) is 11.3 Å². The van der Waals surface area contributed by atoms with Crippen molar-refractivity contribution in [3.8, 4) is 16.3 Å². The van der Waals surface area contributed by atoms with Crippen molar-refractivity contribution in [2.24, 2.45) is 11.7 Å². The molecule has 1 amide bonds. The number of nitrogens with two attached hydrogens (primary N) is 1. The first kappa shape index (κ1) is 23.1. The molecule has 33 heavy (non-hydrogen) atoms. The summed E-state index contributed by atoms with van der Waals surface area (Å²) in [7, 11) is 0. The van der Waals surface area contributed by atoms with E-state index in [0.29, 0.717) is 42.5 Å². The number of hydrogen-bond donors (Lipinski definition) is 3. The largest absolute Gasteiger partial charge is 0.475 e. The molecule has 0 spiro atoms. The highest BCUT2D eigenvalue weighted by Crippen LogP contribution is 2.42. The van der Waals surface area contributed by atoms with Crippen LogP contribution in [0.4, 0.5) is 11.6 Å². The van der Waals surface area contributed by atoms with E-state index in [2.05, 4.69) is 26.3 Å². The van der Waals surface area contributed by atoms with Gasteiger partial charge in [0.15, 0.2) is 0 Å². The van der Waals surface area contributed by atoms with Gasteiger partial charge >= 0.3 is 0 Å². The second-order valence-corrected chi connectivity index (χ2v) is 9.87. The molecular weight excluding hydrogens is 438 g/mol. The van der Waals surface area contributed by atoms with E-state index in [1.807, 2.05) is 32.9 Å². The number of aryl methyl sites for hydroxylation is 1.